The molecule has 1 amide bonds. The molecule has 1 unspecified atom stereocenters. The maximum absolute atomic E-state index is 11.4. The zero-order valence-electron chi connectivity index (χ0n) is 8.54. The first-order chi connectivity index (χ1) is 6.63. The van der Waals surface area contributed by atoms with Crippen LogP contribution >= 0.6 is 0 Å². The van der Waals surface area contributed by atoms with Crippen LogP contribution in [0.25, 0.3) is 0 Å². The first-order valence-corrected chi connectivity index (χ1v) is 4.68. The molecule has 0 saturated carbocycles. The molecule has 0 bridgehead atoms. The van der Waals surface area contributed by atoms with E-state index in [4.69, 9.17) is 10.2 Å². The molecular formula is C10H16N2O2. The SMILES string of the molecule is Cc1ccc(C(=O)NCC(C)CN)o1. The molecule has 1 atom stereocenters. The van der Waals surface area contributed by atoms with E-state index in [1.165, 1.54) is 0 Å². The van der Waals surface area contributed by atoms with E-state index >= 15 is 0 Å². The van der Waals surface area contributed by atoms with Crippen molar-refractivity contribution in [1.29, 1.82) is 0 Å². The van der Waals surface area contributed by atoms with Gasteiger partial charge < -0.3 is 15.5 Å². The Labute approximate surface area is 83.5 Å². The standard InChI is InChI=1S/C10H16N2O2/c1-7(5-11)6-12-10(13)9-4-3-8(2)14-9/h3-4,7H,5-6,11H2,1-2H3,(H,12,13). The number of amides is 1. The van der Waals surface area contributed by atoms with Crippen molar-refractivity contribution in [2.24, 2.45) is 11.7 Å². The molecule has 3 N–H and O–H groups in total. The van der Waals surface area contributed by atoms with Gasteiger partial charge in [0.05, 0.1) is 0 Å². The van der Waals surface area contributed by atoms with Crippen LogP contribution in [-0.4, -0.2) is 19.0 Å². The number of carbonyl (C=O) groups is 1. The van der Waals surface area contributed by atoms with Gasteiger partial charge in [0.2, 0.25) is 0 Å². The van der Waals surface area contributed by atoms with Crippen LogP contribution in [-0.2, 0) is 0 Å². The van der Waals surface area contributed by atoms with Gasteiger partial charge in [0, 0.05) is 6.54 Å². The number of rotatable bonds is 4. The van der Waals surface area contributed by atoms with Crippen molar-refractivity contribution in [2.45, 2.75) is 13.8 Å². The predicted octanol–water partition coefficient (Wildman–Crippen LogP) is 0.913. The van der Waals surface area contributed by atoms with Gasteiger partial charge in [0.15, 0.2) is 5.76 Å². The third-order valence-corrected chi connectivity index (χ3v) is 1.98. The van der Waals surface area contributed by atoms with Crippen LogP contribution in [0.5, 0.6) is 0 Å². The Hall–Kier alpha value is -1.29. The smallest absolute Gasteiger partial charge is 0.287 e. The molecule has 4 heteroatoms. The molecule has 78 valence electrons. The first kappa shape index (κ1) is 10.8. The van der Waals surface area contributed by atoms with Crippen LogP contribution in [0.1, 0.15) is 23.2 Å². The van der Waals surface area contributed by atoms with Crippen molar-refractivity contribution in [2.75, 3.05) is 13.1 Å². The highest BCUT2D eigenvalue weighted by molar-refractivity contribution is 5.91. The van der Waals surface area contributed by atoms with Crippen molar-refractivity contribution < 1.29 is 9.21 Å². The van der Waals surface area contributed by atoms with E-state index in [1.54, 1.807) is 19.1 Å². The first-order valence-electron chi connectivity index (χ1n) is 4.68. The van der Waals surface area contributed by atoms with E-state index in [1.807, 2.05) is 6.92 Å². The molecule has 0 spiro atoms. The highest BCUT2D eigenvalue weighted by Crippen LogP contribution is 2.05. The van der Waals surface area contributed by atoms with E-state index in [0.29, 0.717) is 18.8 Å². The van der Waals surface area contributed by atoms with Crippen LogP contribution in [0.15, 0.2) is 16.5 Å². The molecule has 14 heavy (non-hydrogen) atoms. The van der Waals surface area contributed by atoms with Crippen molar-refractivity contribution in [3.05, 3.63) is 23.7 Å². The second-order valence-corrected chi connectivity index (χ2v) is 3.46. The van der Waals surface area contributed by atoms with Gasteiger partial charge in [-0.3, -0.25) is 4.79 Å². The summed E-state index contributed by atoms with van der Waals surface area (Å²) in [5, 5.41) is 2.75. The monoisotopic (exact) mass is 196 g/mol. The molecule has 0 aromatic carbocycles. The Bertz CT molecular complexity index is 307. The largest absolute Gasteiger partial charge is 0.456 e. The minimum atomic E-state index is -0.182. The Kier molecular flexibility index (Phi) is 3.71. The van der Waals surface area contributed by atoms with Crippen molar-refractivity contribution in [3.8, 4) is 0 Å². The van der Waals surface area contributed by atoms with Gasteiger partial charge in [-0.15, -0.1) is 0 Å². The van der Waals surface area contributed by atoms with Crippen LogP contribution < -0.4 is 11.1 Å². The molecule has 0 aliphatic heterocycles. The summed E-state index contributed by atoms with van der Waals surface area (Å²) in [6.07, 6.45) is 0. The lowest BCUT2D eigenvalue weighted by Gasteiger charge is -2.08. The van der Waals surface area contributed by atoms with Gasteiger partial charge >= 0.3 is 0 Å². The lowest BCUT2D eigenvalue weighted by molar-refractivity contribution is 0.0919. The van der Waals surface area contributed by atoms with Crippen LogP contribution in [0.2, 0.25) is 0 Å². The Morgan fingerprint density at radius 3 is 2.86 bits per heavy atom. The highest BCUT2D eigenvalue weighted by Gasteiger charge is 2.10. The van der Waals surface area contributed by atoms with Gasteiger partial charge in [-0.05, 0) is 31.5 Å². The summed E-state index contributed by atoms with van der Waals surface area (Å²) in [7, 11) is 0. The van der Waals surface area contributed by atoms with Gasteiger partial charge in [-0.25, -0.2) is 0 Å². The van der Waals surface area contributed by atoms with Crippen LogP contribution in [0.4, 0.5) is 0 Å². The number of hydrogen-bond acceptors (Lipinski definition) is 3. The molecular weight excluding hydrogens is 180 g/mol. The summed E-state index contributed by atoms with van der Waals surface area (Å²) < 4.78 is 5.17. The van der Waals surface area contributed by atoms with Crippen molar-refractivity contribution >= 4 is 5.91 Å². The number of nitrogens with one attached hydrogen (secondary N) is 1. The minimum Gasteiger partial charge on any atom is -0.456 e. The van der Waals surface area contributed by atoms with Crippen molar-refractivity contribution in [1.82, 2.24) is 5.32 Å². The number of furan rings is 1. The van der Waals surface area contributed by atoms with Gasteiger partial charge in [-0.2, -0.15) is 0 Å². The van der Waals surface area contributed by atoms with Gasteiger partial charge in [-0.1, -0.05) is 6.92 Å². The van der Waals surface area contributed by atoms with E-state index in [2.05, 4.69) is 5.32 Å². The molecule has 0 aliphatic rings. The van der Waals surface area contributed by atoms with E-state index in [9.17, 15) is 4.79 Å². The maximum Gasteiger partial charge on any atom is 0.287 e. The molecule has 1 aromatic rings. The normalized spacial score (nSPS) is 12.5. The topological polar surface area (TPSA) is 68.3 Å². The van der Waals surface area contributed by atoms with Crippen LogP contribution in [0.3, 0.4) is 0 Å². The zero-order chi connectivity index (χ0) is 10.6. The summed E-state index contributed by atoms with van der Waals surface area (Å²) in [4.78, 5) is 11.4. The van der Waals surface area contributed by atoms with Crippen molar-refractivity contribution in [3.63, 3.8) is 0 Å². The van der Waals surface area contributed by atoms with Gasteiger partial charge in [0.25, 0.3) is 5.91 Å². The summed E-state index contributed by atoms with van der Waals surface area (Å²) in [6.45, 7) is 4.93. The molecule has 4 nitrogen and oxygen atoms in total. The average molecular weight is 196 g/mol. The Morgan fingerprint density at radius 1 is 1.64 bits per heavy atom. The summed E-state index contributed by atoms with van der Waals surface area (Å²) in [6, 6.07) is 3.43. The van der Waals surface area contributed by atoms with Crippen LogP contribution in [0, 0.1) is 12.8 Å². The minimum absolute atomic E-state index is 0.182. The molecule has 1 aromatic heterocycles. The van der Waals surface area contributed by atoms with Gasteiger partial charge in [0.1, 0.15) is 5.76 Å². The molecule has 0 radical (unpaired) electrons. The lowest BCUT2D eigenvalue weighted by atomic mass is 10.2. The second-order valence-electron chi connectivity index (χ2n) is 3.46. The fraction of sp³-hybridized carbons (Fsp3) is 0.500. The third kappa shape index (κ3) is 2.88. The predicted molar refractivity (Wildman–Crippen MR) is 54.0 cm³/mol. The third-order valence-electron chi connectivity index (χ3n) is 1.98. The average Bonchev–Trinajstić information content (AvgIpc) is 2.60. The number of hydrogen-bond donors (Lipinski definition) is 2. The lowest BCUT2D eigenvalue weighted by Crippen LogP contribution is -2.30. The zero-order valence-corrected chi connectivity index (χ0v) is 8.54. The number of carbonyl (C=O) groups excluding carboxylic acids is 1. The molecule has 1 heterocycles. The Balaban J connectivity index is 2.43. The molecule has 0 aliphatic carbocycles. The highest BCUT2D eigenvalue weighted by atomic mass is 16.3. The van der Waals surface area contributed by atoms with E-state index in [0.717, 1.165) is 5.76 Å². The van der Waals surface area contributed by atoms with E-state index in [-0.39, 0.29) is 11.8 Å². The number of aryl methyl sites for hydroxylation is 1. The Morgan fingerprint density at radius 2 is 2.36 bits per heavy atom. The quantitative estimate of drug-likeness (QED) is 0.752. The fourth-order valence-corrected chi connectivity index (χ4v) is 0.994. The fourth-order valence-electron chi connectivity index (χ4n) is 0.994. The molecule has 0 saturated heterocycles. The summed E-state index contributed by atoms with van der Waals surface area (Å²) in [5.41, 5.74) is 5.43. The maximum atomic E-state index is 11.4. The second kappa shape index (κ2) is 4.81. The van der Waals surface area contributed by atoms with E-state index < -0.39 is 0 Å². The molecule has 1 rings (SSSR count). The molecule has 0 fully saturated rings. The number of nitrogens with two attached hydrogens (primary N) is 1. The summed E-state index contributed by atoms with van der Waals surface area (Å²) in [5.74, 6) is 1.20. The summed E-state index contributed by atoms with van der Waals surface area (Å²) >= 11 is 0.